The lowest BCUT2D eigenvalue weighted by Crippen LogP contribution is -2.15. The monoisotopic (exact) mass is 214 g/mol. The molecule has 1 fully saturated rings. The number of hydrogen-bond acceptors (Lipinski definition) is 0. The van der Waals surface area contributed by atoms with E-state index in [2.05, 4.69) is 26.8 Å². The van der Waals surface area contributed by atoms with Crippen LogP contribution >= 0.6 is 11.6 Å². The summed E-state index contributed by atoms with van der Waals surface area (Å²) in [6.45, 7) is 6.86. The lowest BCUT2D eigenvalue weighted by atomic mass is 9.79. The second-order valence-corrected chi connectivity index (χ2v) is 5.22. The van der Waals surface area contributed by atoms with E-state index in [9.17, 15) is 0 Å². The van der Waals surface area contributed by atoms with Crippen molar-refractivity contribution in [3.63, 3.8) is 0 Å². The average Bonchev–Trinajstić information content (AvgIpc) is 2.16. The molecule has 1 aliphatic carbocycles. The molecule has 0 radical (unpaired) electrons. The van der Waals surface area contributed by atoms with Gasteiger partial charge in [-0.15, -0.1) is 11.6 Å². The van der Waals surface area contributed by atoms with Crippen LogP contribution < -0.4 is 0 Å². The minimum absolute atomic E-state index is 0.613. The summed E-state index contributed by atoms with van der Waals surface area (Å²) in [5.41, 5.74) is 1.44. The summed E-state index contributed by atoms with van der Waals surface area (Å²) in [6, 6.07) is 0. The fraction of sp³-hybridized carbons (Fsp3) is 0.846. The third-order valence-electron chi connectivity index (χ3n) is 3.50. The summed E-state index contributed by atoms with van der Waals surface area (Å²) in [5.74, 6) is 2.98. The molecular weight excluding hydrogens is 192 g/mol. The van der Waals surface area contributed by atoms with Crippen LogP contribution in [0.2, 0.25) is 0 Å². The highest BCUT2D eigenvalue weighted by atomic mass is 35.5. The third-order valence-corrected chi connectivity index (χ3v) is 3.81. The molecule has 0 heterocycles. The van der Waals surface area contributed by atoms with Gasteiger partial charge in [-0.2, -0.15) is 0 Å². The van der Waals surface area contributed by atoms with Gasteiger partial charge in [0.2, 0.25) is 0 Å². The summed E-state index contributed by atoms with van der Waals surface area (Å²) in [4.78, 5) is 0. The first-order chi connectivity index (χ1) is 6.65. The molecule has 0 N–H and O–H groups in total. The van der Waals surface area contributed by atoms with Crippen LogP contribution in [-0.4, -0.2) is 5.88 Å². The maximum Gasteiger partial charge on any atom is 0.0436 e. The summed E-state index contributed by atoms with van der Waals surface area (Å²) in [7, 11) is 0. The largest absolute Gasteiger partial charge is 0.122 e. The number of hydrogen-bond donors (Lipinski definition) is 0. The van der Waals surface area contributed by atoms with Gasteiger partial charge < -0.3 is 0 Å². The van der Waals surface area contributed by atoms with Crippen molar-refractivity contribution in [1.29, 1.82) is 0 Å². The van der Waals surface area contributed by atoms with Crippen LogP contribution in [0.15, 0.2) is 11.6 Å². The van der Waals surface area contributed by atoms with Gasteiger partial charge in [-0.05, 0) is 24.2 Å². The molecule has 0 aromatic rings. The minimum atomic E-state index is 0.613. The summed E-state index contributed by atoms with van der Waals surface area (Å²) in [5, 5.41) is 0. The van der Waals surface area contributed by atoms with Crippen molar-refractivity contribution in [3.05, 3.63) is 11.6 Å². The van der Waals surface area contributed by atoms with Gasteiger partial charge in [0.05, 0.1) is 0 Å². The maximum atomic E-state index is 5.96. The SMILES string of the molecule is CC(C)/C(=C/C1CCCCC1C)CCl. The molecule has 0 bridgehead atoms. The molecule has 1 heteroatoms. The van der Waals surface area contributed by atoms with Gasteiger partial charge in [-0.3, -0.25) is 0 Å². The van der Waals surface area contributed by atoms with Gasteiger partial charge in [0.15, 0.2) is 0 Å². The smallest absolute Gasteiger partial charge is 0.0436 e. The van der Waals surface area contributed by atoms with E-state index in [1.807, 2.05) is 0 Å². The molecule has 0 nitrogen and oxygen atoms in total. The Labute approximate surface area is 93.7 Å². The van der Waals surface area contributed by atoms with Crippen molar-refractivity contribution in [1.82, 2.24) is 0 Å². The summed E-state index contributed by atoms with van der Waals surface area (Å²) >= 11 is 5.96. The van der Waals surface area contributed by atoms with Crippen molar-refractivity contribution in [2.75, 3.05) is 5.88 Å². The maximum absolute atomic E-state index is 5.96. The van der Waals surface area contributed by atoms with Crippen LogP contribution in [-0.2, 0) is 0 Å². The van der Waals surface area contributed by atoms with E-state index in [1.54, 1.807) is 0 Å². The Morgan fingerprint density at radius 2 is 2.00 bits per heavy atom. The molecule has 1 rings (SSSR count). The van der Waals surface area contributed by atoms with E-state index >= 15 is 0 Å². The van der Waals surface area contributed by atoms with E-state index in [4.69, 9.17) is 11.6 Å². The van der Waals surface area contributed by atoms with Crippen molar-refractivity contribution in [3.8, 4) is 0 Å². The Morgan fingerprint density at radius 3 is 2.50 bits per heavy atom. The topological polar surface area (TPSA) is 0 Å². The van der Waals surface area contributed by atoms with Gasteiger partial charge in [0, 0.05) is 5.88 Å². The standard InChI is InChI=1S/C13H23Cl/c1-10(2)13(9-14)8-12-7-5-4-6-11(12)3/h8,10-12H,4-7,9H2,1-3H3/b13-8+. The number of rotatable bonds is 3. The van der Waals surface area contributed by atoms with Crippen molar-refractivity contribution in [2.45, 2.75) is 46.5 Å². The highest BCUT2D eigenvalue weighted by Gasteiger charge is 2.19. The van der Waals surface area contributed by atoms with Crippen molar-refractivity contribution >= 4 is 11.6 Å². The van der Waals surface area contributed by atoms with Crippen LogP contribution in [0, 0.1) is 17.8 Å². The number of halogens is 1. The zero-order chi connectivity index (χ0) is 10.6. The van der Waals surface area contributed by atoms with Crippen molar-refractivity contribution in [2.24, 2.45) is 17.8 Å². The molecule has 0 aromatic carbocycles. The van der Waals surface area contributed by atoms with Gasteiger partial charge in [0.1, 0.15) is 0 Å². The Bertz CT molecular complexity index is 193. The predicted octanol–water partition coefficient (Wildman–Crippen LogP) is 4.63. The molecule has 0 aliphatic heterocycles. The van der Waals surface area contributed by atoms with Crippen LogP contribution in [0.5, 0.6) is 0 Å². The molecule has 2 atom stereocenters. The molecule has 1 saturated carbocycles. The lowest BCUT2D eigenvalue weighted by Gasteiger charge is -2.27. The Kier molecular flexibility index (Phi) is 5.01. The number of alkyl halides is 1. The molecular formula is C13H23Cl. The Hall–Kier alpha value is 0.0300. The van der Waals surface area contributed by atoms with E-state index < -0.39 is 0 Å². The van der Waals surface area contributed by atoms with Gasteiger partial charge >= 0.3 is 0 Å². The molecule has 0 spiro atoms. The molecule has 2 unspecified atom stereocenters. The first kappa shape index (κ1) is 12.1. The fourth-order valence-corrected chi connectivity index (χ4v) is 2.66. The number of allylic oxidation sites excluding steroid dienone is 2. The minimum Gasteiger partial charge on any atom is -0.122 e. The highest BCUT2D eigenvalue weighted by Crippen LogP contribution is 2.32. The zero-order valence-electron chi connectivity index (χ0n) is 9.72. The molecule has 0 aromatic heterocycles. The summed E-state index contributed by atoms with van der Waals surface area (Å²) < 4.78 is 0. The van der Waals surface area contributed by atoms with Crippen LogP contribution in [0.25, 0.3) is 0 Å². The van der Waals surface area contributed by atoms with E-state index in [0.29, 0.717) is 11.8 Å². The predicted molar refractivity (Wildman–Crippen MR) is 64.8 cm³/mol. The first-order valence-corrected chi connectivity index (χ1v) is 6.45. The van der Waals surface area contributed by atoms with Crippen LogP contribution in [0.1, 0.15) is 46.5 Å². The van der Waals surface area contributed by atoms with E-state index in [-0.39, 0.29) is 0 Å². The zero-order valence-corrected chi connectivity index (χ0v) is 10.5. The molecule has 0 amide bonds. The molecule has 1 aliphatic rings. The fourth-order valence-electron chi connectivity index (χ4n) is 2.26. The van der Waals surface area contributed by atoms with Gasteiger partial charge in [-0.1, -0.05) is 51.7 Å². The van der Waals surface area contributed by atoms with Crippen LogP contribution in [0.3, 0.4) is 0 Å². The molecule has 0 saturated heterocycles. The lowest BCUT2D eigenvalue weighted by molar-refractivity contribution is 0.304. The Balaban J connectivity index is 2.62. The van der Waals surface area contributed by atoms with Crippen LogP contribution in [0.4, 0.5) is 0 Å². The second kappa shape index (κ2) is 5.80. The summed E-state index contributed by atoms with van der Waals surface area (Å²) in [6.07, 6.45) is 8.05. The normalized spacial score (nSPS) is 29.6. The van der Waals surface area contributed by atoms with Crippen molar-refractivity contribution < 1.29 is 0 Å². The quantitative estimate of drug-likeness (QED) is 0.475. The third kappa shape index (κ3) is 3.31. The van der Waals surface area contributed by atoms with E-state index in [0.717, 1.165) is 11.8 Å². The molecule has 82 valence electrons. The van der Waals surface area contributed by atoms with Gasteiger partial charge in [0.25, 0.3) is 0 Å². The highest BCUT2D eigenvalue weighted by molar-refractivity contribution is 6.19. The van der Waals surface area contributed by atoms with Gasteiger partial charge in [-0.25, -0.2) is 0 Å². The van der Waals surface area contributed by atoms with E-state index in [1.165, 1.54) is 31.3 Å². The first-order valence-electron chi connectivity index (χ1n) is 5.91. The average molecular weight is 215 g/mol. The second-order valence-electron chi connectivity index (χ2n) is 4.96. The molecule has 14 heavy (non-hydrogen) atoms. The Morgan fingerprint density at radius 1 is 1.36 bits per heavy atom.